The van der Waals surface area contributed by atoms with Gasteiger partial charge in [-0.05, 0) is 37.1 Å². The lowest BCUT2D eigenvalue weighted by Crippen LogP contribution is -2.44. The number of hydrogen-bond acceptors (Lipinski definition) is 7. The average molecular weight is 448 g/mol. The van der Waals surface area contributed by atoms with E-state index in [1.165, 1.54) is 6.92 Å². The van der Waals surface area contributed by atoms with Crippen LogP contribution in [0, 0.1) is 0 Å². The number of methoxy groups -OCH3 is 1. The molecule has 1 N–H and O–H groups in total. The van der Waals surface area contributed by atoms with E-state index in [-0.39, 0.29) is 30.8 Å². The first-order chi connectivity index (χ1) is 15.8. The molecule has 2 aliphatic heterocycles. The van der Waals surface area contributed by atoms with Gasteiger partial charge in [0.15, 0.2) is 5.60 Å². The number of fused-ring (bicyclic) bond motifs is 5. The maximum absolute atomic E-state index is 13.3. The fourth-order valence-corrected chi connectivity index (χ4v) is 4.89. The predicted molar refractivity (Wildman–Crippen MR) is 120 cm³/mol. The summed E-state index contributed by atoms with van der Waals surface area (Å²) in [6, 6.07) is 9.34. The monoisotopic (exact) mass is 448 g/mol. The highest BCUT2D eigenvalue weighted by Crippen LogP contribution is 2.39. The Hall–Kier alpha value is -3.36. The summed E-state index contributed by atoms with van der Waals surface area (Å²) in [7, 11) is 1.57. The van der Waals surface area contributed by atoms with Crippen molar-refractivity contribution in [2.24, 2.45) is 0 Å². The van der Waals surface area contributed by atoms with Crippen molar-refractivity contribution in [3.05, 3.63) is 62.9 Å². The van der Waals surface area contributed by atoms with Crippen LogP contribution in [0.5, 0.6) is 0 Å². The lowest BCUT2D eigenvalue weighted by Gasteiger charge is -2.31. The van der Waals surface area contributed by atoms with Crippen LogP contribution in [0.15, 0.2) is 35.1 Å². The van der Waals surface area contributed by atoms with Crippen molar-refractivity contribution in [1.82, 2.24) is 9.55 Å². The van der Waals surface area contributed by atoms with E-state index in [1.54, 1.807) is 24.7 Å². The minimum atomic E-state index is -1.85. The van der Waals surface area contributed by atoms with Crippen molar-refractivity contribution in [2.75, 3.05) is 7.11 Å². The summed E-state index contributed by atoms with van der Waals surface area (Å²) in [6.45, 7) is 3.36. The van der Waals surface area contributed by atoms with Gasteiger partial charge >= 0.3 is 5.97 Å². The summed E-state index contributed by atoms with van der Waals surface area (Å²) >= 11 is 0. The zero-order chi connectivity index (χ0) is 23.5. The SMILES string of the molecule is CC[C@@]1(O)C(=O)OCc2c1cc1n(c2=O)Cc2cc3c(C(CC(C)=O)OC)cccc3nc2-1. The molecule has 2 aliphatic rings. The van der Waals surface area contributed by atoms with E-state index in [9.17, 15) is 19.5 Å². The van der Waals surface area contributed by atoms with Crippen molar-refractivity contribution >= 4 is 22.7 Å². The summed E-state index contributed by atoms with van der Waals surface area (Å²) in [5.41, 5.74) is 2.06. The van der Waals surface area contributed by atoms with Gasteiger partial charge in [0.25, 0.3) is 5.56 Å². The topological polar surface area (TPSA) is 108 Å². The molecule has 5 rings (SSSR count). The lowest BCUT2D eigenvalue weighted by atomic mass is 9.86. The van der Waals surface area contributed by atoms with E-state index in [4.69, 9.17) is 14.5 Å². The fraction of sp³-hybridized carbons (Fsp3) is 0.360. The van der Waals surface area contributed by atoms with Crippen LogP contribution in [0.25, 0.3) is 22.3 Å². The summed E-state index contributed by atoms with van der Waals surface area (Å²) in [5.74, 6) is -0.718. The van der Waals surface area contributed by atoms with Gasteiger partial charge in [-0.1, -0.05) is 19.1 Å². The Morgan fingerprint density at radius 2 is 2.12 bits per heavy atom. The molecule has 0 radical (unpaired) electrons. The molecule has 2 aromatic heterocycles. The van der Waals surface area contributed by atoms with Crippen LogP contribution in [0.4, 0.5) is 0 Å². The molecule has 0 saturated carbocycles. The van der Waals surface area contributed by atoms with Crippen LogP contribution in [0.3, 0.4) is 0 Å². The van der Waals surface area contributed by atoms with E-state index >= 15 is 0 Å². The highest BCUT2D eigenvalue weighted by molar-refractivity contribution is 5.88. The predicted octanol–water partition coefficient (Wildman–Crippen LogP) is 2.75. The van der Waals surface area contributed by atoms with Crippen molar-refractivity contribution in [3.63, 3.8) is 0 Å². The molecule has 4 heterocycles. The number of ketones is 1. The molecule has 8 nitrogen and oxygen atoms in total. The largest absolute Gasteiger partial charge is 0.458 e. The molecule has 33 heavy (non-hydrogen) atoms. The van der Waals surface area contributed by atoms with Gasteiger partial charge in [-0.3, -0.25) is 9.59 Å². The number of aromatic nitrogens is 2. The number of carbonyl (C=O) groups is 2. The van der Waals surface area contributed by atoms with Crippen molar-refractivity contribution in [2.45, 2.75) is 51.5 Å². The fourth-order valence-electron chi connectivity index (χ4n) is 4.89. The smallest absolute Gasteiger partial charge is 0.343 e. The van der Waals surface area contributed by atoms with Gasteiger partial charge in [-0.25, -0.2) is 9.78 Å². The highest BCUT2D eigenvalue weighted by Gasteiger charge is 2.45. The third kappa shape index (κ3) is 3.13. The van der Waals surface area contributed by atoms with Gasteiger partial charge in [-0.2, -0.15) is 0 Å². The van der Waals surface area contributed by atoms with E-state index in [1.807, 2.05) is 24.3 Å². The Balaban J connectivity index is 1.70. The molecule has 0 amide bonds. The number of aliphatic hydroxyl groups is 1. The Kier molecular flexibility index (Phi) is 4.95. The number of benzene rings is 1. The molecule has 0 aliphatic carbocycles. The summed E-state index contributed by atoms with van der Waals surface area (Å²) in [5, 5.41) is 11.8. The second kappa shape index (κ2) is 7.60. The zero-order valence-corrected chi connectivity index (χ0v) is 18.7. The molecule has 0 saturated heterocycles. The number of hydrogen-bond donors (Lipinski definition) is 1. The molecule has 1 aromatic carbocycles. The average Bonchev–Trinajstić information content (AvgIpc) is 3.16. The molecular weight excluding hydrogens is 424 g/mol. The Morgan fingerprint density at radius 1 is 1.33 bits per heavy atom. The second-order valence-corrected chi connectivity index (χ2v) is 8.64. The maximum Gasteiger partial charge on any atom is 0.343 e. The van der Waals surface area contributed by atoms with Crippen LogP contribution < -0.4 is 5.56 Å². The van der Waals surface area contributed by atoms with Crippen LogP contribution in [0.1, 0.15) is 55.0 Å². The maximum atomic E-state index is 13.3. The third-order valence-electron chi connectivity index (χ3n) is 6.69. The molecule has 8 heteroatoms. The summed E-state index contributed by atoms with van der Waals surface area (Å²) < 4.78 is 12.3. The Labute approximate surface area is 189 Å². The molecular formula is C25H24N2O6. The number of carbonyl (C=O) groups excluding carboxylic acids is 2. The second-order valence-electron chi connectivity index (χ2n) is 8.64. The van der Waals surface area contributed by atoms with E-state index in [2.05, 4.69) is 0 Å². The minimum Gasteiger partial charge on any atom is -0.458 e. The van der Waals surface area contributed by atoms with Gasteiger partial charge in [-0.15, -0.1) is 0 Å². The molecule has 3 aromatic rings. The molecule has 1 unspecified atom stereocenters. The first-order valence-corrected chi connectivity index (χ1v) is 10.9. The van der Waals surface area contributed by atoms with Crippen LogP contribution in [-0.2, 0) is 37.8 Å². The van der Waals surface area contributed by atoms with Gasteiger partial charge in [0, 0.05) is 30.0 Å². The number of Topliss-reactive ketones (excluding diaryl/α,β-unsaturated/α-hetero) is 1. The number of cyclic esters (lactones) is 1. The lowest BCUT2D eigenvalue weighted by molar-refractivity contribution is -0.172. The Morgan fingerprint density at radius 3 is 2.82 bits per heavy atom. The van der Waals surface area contributed by atoms with E-state index < -0.39 is 17.7 Å². The standard InChI is InChI=1S/C25H24N2O6/c1-4-25(31)18-10-20-22-14(11-27(20)23(29)17(18)12-33-24(25)30)9-16-15(6-5-7-19(16)26-22)21(32-3)8-13(2)28/h5-7,9-10,21,31H,4,8,11-12H2,1-3H3/t21?,25-/m0/s1. The van der Waals surface area contributed by atoms with Gasteiger partial charge in [0.05, 0.1) is 35.1 Å². The van der Waals surface area contributed by atoms with Crippen molar-refractivity contribution in [3.8, 4) is 11.4 Å². The van der Waals surface area contributed by atoms with Crippen molar-refractivity contribution < 1.29 is 24.2 Å². The molecule has 0 fully saturated rings. The van der Waals surface area contributed by atoms with Gasteiger partial charge < -0.3 is 19.1 Å². The Bertz CT molecular complexity index is 1390. The first kappa shape index (κ1) is 21.5. The quantitative estimate of drug-likeness (QED) is 0.468. The zero-order valence-electron chi connectivity index (χ0n) is 18.7. The number of ether oxygens (including phenoxy) is 2. The summed E-state index contributed by atoms with van der Waals surface area (Å²) in [6.07, 6.45) is -0.0482. The summed E-state index contributed by atoms with van der Waals surface area (Å²) in [4.78, 5) is 42.2. The number of nitrogens with zero attached hydrogens (tertiary/aromatic N) is 2. The minimum absolute atomic E-state index is 0.0256. The molecule has 0 bridgehead atoms. The first-order valence-electron chi connectivity index (χ1n) is 10.9. The number of pyridine rings is 2. The van der Waals surface area contributed by atoms with E-state index in [0.717, 1.165) is 16.5 Å². The number of esters is 1. The van der Waals surface area contributed by atoms with Gasteiger partial charge in [0.1, 0.15) is 12.4 Å². The van der Waals surface area contributed by atoms with E-state index in [0.29, 0.717) is 34.6 Å². The van der Waals surface area contributed by atoms with Crippen LogP contribution >= 0.6 is 0 Å². The van der Waals surface area contributed by atoms with Crippen molar-refractivity contribution in [1.29, 1.82) is 0 Å². The van der Waals surface area contributed by atoms with Gasteiger partial charge in [0.2, 0.25) is 0 Å². The normalized spacial score (nSPS) is 19.6. The molecule has 170 valence electrons. The highest BCUT2D eigenvalue weighted by atomic mass is 16.6. The van der Waals surface area contributed by atoms with Crippen LogP contribution in [-0.4, -0.2) is 33.5 Å². The molecule has 2 atom stereocenters. The number of rotatable bonds is 5. The van der Waals surface area contributed by atoms with Crippen LogP contribution in [0.2, 0.25) is 0 Å². The third-order valence-corrected chi connectivity index (χ3v) is 6.69. The molecule has 0 spiro atoms.